The summed E-state index contributed by atoms with van der Waals surface area (Å²) in [5.74, 6) is 0.863. The predicted molar refractivity (Wildman–Crippen MR) is 77.6 cm³/mol. The van der Waals surface area contributed by atoms with E-state index in [1.807, 2.05) is 24.3 Å². The van der Waals surface area contributed by atoms with E-state index in [2.05, 4.69) is 27.8 Å². The van der Waals surface area contributed by atoms with Gasteiger partial charge in [0.25, 0.3) is 0 Å². The summed E-state index contributed by atoms with van der Waals surface area (Å²) in [5, 5.41) is 1.19. The first-order chi connectivity index (χ1) is 8.79. The van der Waals surface area contributed by atoms with Crippen LogP contribution in [-0.4, -0.2) is 25.4 Å². The minimum absolute atomic E-state index is 0.222. The van der Waals surface area contributed by atoms with Crippen LogP contribution in [-0.2, 0) is 0 Å². The first kappa shape index (κ1) is 11.7. The van der Waals surface area contributed by atoms with E-state index >= 15 is 0 Å². The van der Waals surface area contributed by atoms with Crippen LogP contribution in [0, 0.1) is 4.64 Å². The van der Waals surface area contributed by atoms with Crippen LogP contribution >= 0.6 is 12.2 Å². The monoisotopic (exact) mass is 321 g/mol. The van der Waals surface area contributed by atoms with Gasteiger partial charge in [-0.3, -0.25) is 0 Å². The Bertz CT molecular complexity index is 760. The normalized spacial score (nSPS) is 10.7. The zero-order valence-electron chi connectivity index (χ0n) is 9.79. The third-order valence-corrected chi connectivity index (χ3v) is 5.81. The van der Waals surface area contributed by atoms with E-state index in [0.29, 0.717) is 0 Å². The fourth-order valence-electron chi connectivity index (χ4n) is 1.88. The zero-order valence-corrected chi connectivity index (χ0v) is 12.3. The van der Waals surface area contributed by atoms with Gasteiger partial charge in [-0.2, -0.15) is 0 Å². The molecule has 0 amide bonds. The first-order valence-corrected chi connectivity index (χ1v) is 7.58. The Balaban J connectivity index is 2.25. The van der Waals surface area contributed by atoms with Crippen LogP contribution in [0.2, 0.25) is 0 Å². The molecule has 3 rings (SSSR count). The van der Waals surface area contributed by atoms with Gasteiger partial charge in [0.05, 0.1) is 0 Å². The number of fused-ring (bicyclic) bond motifs is 1. The summed E-state index contributed by atoms with van der Waals surface area (Å²) in [5.41, 5.74) is 1.11. The van der Waals surface area contributed by atoms with Crippen molar-refractivity contribution < 1.29 is 4.74 Å². The number of benzene rings is 2. The molecule has 0 aliphatic rings. The van der Waals surface area contributed by atoms with Crippen molar-refractivity contribution in [2.24, 2.45) is 0 Å². The number of rotatable bonds is 2. The topological polar surface area (TPSA) is 14.2 Å². The van der Waals surface area contributed by atoms with Gasteiger partial charge in [0.2, 0.25) is 0 Å². The summed E-state index contributed by atoms with van der Waals surface area (Å²) >= 11 is 5.78. The molecule has 0 radical (unpaired) electrons. The number of ether oxygens (including phenoxy) is 1. The summed E-state index contributed by atoms with van der Waals surface area (Å²) in [4.78, 5) is 0. The Kier molecular flexibility index (Phi) is 3.08. The second-order valence-corrected chi connectivity index (χ2v) is 6.35. The van der Waals surface area contributed by atoms with E-state index in [1.165, 1.54) is 9.65 Å². The molecule has 0 saturated heterocycles. The van der Waals surface area contributed by atoms with Crippen LogP contribution in [0.3, 0.4) is 0 Å². The molecular weight excluding hydrogens is 309 g/mol. The quantitative estimate of drug-likeness (QED) is 0.530. The fourth-order valence-corrected chi connectivity index (χ4v) is 4.60. The van der Waals surface area contributed by atoms with E-state index in [4.69, 9.17) is 17.0 Å². The Morgan fingerprint density at radius 2 is 1.94 bits per heavy atom. The summed E-state index contributed by atoms with van der Waals surface area (Å²) < 4.78 is 9.73. The molecule has 0 spiro atoms. The Morgan fingerprint density at radius 3 is 2.72 bits per heavy atom. The van der Waals surface area contributed by atoms with Crippen LogP contribution in [0.15, 0.2) is 48.5 Å². The average Bonchev–Trinajstić information content (AvgIpc) is 2.77. The van der Waals surface area contributed by atoms with E-state index in [0.717, 1.165) is 16.1 Å². The molecule has 0 saturated carbocycles. The molecule has 0 aliphatic carbocycles. The third-order valence-electron chi connectivity index (χ3n) is 2.78. The summed E-state index contributed by atoms with van der Waals surface area (Å²) in [7, 11) is 1.68. The molecule has 90 valence electrons. The molecule has 1 aromatic heterocycles. The van der Waals surface area contributed by atoms with Crippen LogP contribution in [0.1, 0.15) is 0 Å². The second-order valence-electron chi connectivity index (χ2n) is 3.89. The van der Waals surface area contributed by atoms with Crippen LogP contribution < -0.4 is 4.74 Å². The summed E-state index contributed by atoms with van der Waals surface area (Å²) in [6, 6.07) is 16.4. The average molecular weight is 320 g/mol. The molecule has 0 atom stereocenters. The van der Waals surface area contributed by atoms with Crippen LogP contribution in [0.4, 0.5) is 0 Å². The van der Waals surface area contributed by atoms with Crippen molar-refractivity contribution in [3.63, 3.8) is 0 Å². The molecule has 0 N–H and O–H groups in total. The van der Waals surface area contributed by atoms with Gasteiger partial charge in [0.15, 0.2) is 0 Å². The summed E-state index contributed by atoms with van der Waals surface area (Å²) in [6.45, 7) is 0. The number of aromatic nitrogens is 1. The third kappa shape index (κ3) is 1.93. The van der Waals surface area contributed by atoms with Gasteiger partial charge in [-0.25, -0.2) is 0 Å². The van der Waals surface area contributed by atoms with E-state index in [1.54, 1.807) is 7.11 Å². The van der Waals surface area contributed by atoms with Crippen molar-refractivity contribution >= 4 is 36.6 Å². The molecule has 3 aromatic rings. The number of methoxy groups -OCH3 is 1. The molecule has 0 unspecified atom stereocenters. The maximum absolute atomic E-state index is 5.56. The molecule has 18 heavy (non-hydrogen) atoms. The van der Waals surface area contributed by atoms with E-state index < -0.39 is 0 Å². The van der Waals surface area contributed by atoms with Gasteiger partial charge in [0, 0.05) is 0 Å². The molecule has 2 aromatic carbocycles. The van der Waals surface area contributed by atoms with Crippen molar-refractivity contribution in [1.82, 2.24) is 3.56 Å². The molecule has 4 heteroatoms. The standard InChI is InChI=1S/C14H11NOSSe/c1-16-11-6-4-5-10(9-11)15-14(17)12-7-2-3-8-13(12)18-15/h2-9H,1H3. The van der Waals surface area contributed by atoms with Gasteiger partial charge < -0.3 is 0 Å². The van der Waals surface area contributed by atoms with Gasteiger partial charge in [0.1, 0.15) is 0 Å². The number of hydrogen-bond donors (Lipinski definition) is 0. The van der Waals surface area contributed by atoms with Crippen molar-refractivity contribution in [3.8, 4) is 11.4 Å². The Morgan fingerprint density at radius 1 is 1.11 bits per heavy atom. The number of nitrogens with zero attached hydrogens (tertiary/aromatic N) is 1. The second kappa shape index (κ2) is 4.73. The molecular formula is C14H11NOSSe. The Labute approximate surface area is 116 Å². The number of hydrogen-bond acceptors (Lipinski definition) is 2. The van der Waals surface area contributed by atoms with Crippen LogP contribution in [0.5, 0.6) is 5.75 Å². The van der Waals surface area contributed by atoms with Crippen molar-refractivity contribution in [2.45, 2.75) is 0 Å². The van der Waals surface area contributed by atoms with E-state index in [9.17, 15) is 0 Å². The zero-order chi connectivity index (χ0) is 12.5. The van der Waals surface area contributed by atoms with Gasteiger partial charge in [-0.1, -0.05) is 0 Å². The minimum atomic E-state index is 0.222. The molecule has 0 bridgehead atoms. The Hall–Kier alpha value is -1.35. The summed E-state index contributed by atoms with van der Waals surface area (Å²) in [6.07, 6.45) is 0. The molecule has 2 nitrogen and oxygen atoms in total. The molecule has 0 fully saturated rings. The predicted octanol–water partition coefficient (Wildman–Crippen LogP) is 3.43. The van der Waals surface area contributed by atoms with Crippen molar-refractivity contribution in [1.29, 1.82) is 0 Å². The van der Waals surface area contributed by atoms with Gasteiger partial charge >= 0.3 is 117 Å². The maximum atomic E-state index is 5.56. The van der Waals surface area contributed by atoms with Gasteiger partial charge in [-0.15, -0.1) is 0 Å². The molecule has 1 heterocycles. The SMILES string of the molecule is COc1cccc(-n2[se]c3ccccc3c2=S)c1. The first-order valence-electron chi connectivity index (χ1n) is 5.55. The molecule has 0 aliphatic heterocycles. The van der Waals surface area contributed by atoms with Crippen molar-refractivity contribution in [2.75, 3.05) is 7.11 Å². The van der Waals surface area contributed by atoms with E-state index in [-0.39, 0.29) is 14.7 Å². The van der Waals surface area contributed by atoms with Gasteiger partial charge in [-0.05, 0) is 0 Å². The van der Waals surface area contributed by atoms with Crippen molar-refractivity contribution in [3.05, 3.63) is 53.2 Å². The van der Waals surface area contributed by atoms with Crippen LogP contribution in [0.25, 0.3) is 15.3 Å². The fraction of sp³-hybridized carbons (Fsp3) is 0.0714.